The Kier molecular flexibility index (Phi) is 3.26. The first-order valence-electron chi connectivity index (χ1n) is 4.73. The van der Waals surface area contributed by atoms with E-state index >= 15 is 0 Å². The van der Waals surface area contributed by atoms with Crippen molar-refractivity contribution in [3.05, 3.63) is 44.9 Å². The molecule has 2 rings (SSSR count). The van der Waals surface area contributed by atoms with Gasteiger partial charge in [0.25, 0.3) is 5.69 Å². The lowest BCUT2D eigenvalue weighted by molar-refractivity contribution is -0.385. The molecule has 0 aliphatic heterocycles. The lowest BCUT2D eigenvalue weighted by Crippen LogP contribution is -1.93. The van der Waals surface area contributed by atoms with Gasteiger partial charge < -0.3 is 9.63 Å². The Labute approximate surface area is 105 Å². The number of hydrogen-bond donors (Lipinski definition) is 1. The average Bonchev–Trinajstić information content (AvgIpc) is 2.70. The van der Waals surface area contributed by atoms with Gasteiger partial charge in [-0.15, -0.1) is 0 Å². The van der Waals surface area contributed by atoms with Crippen molar-refractivity contribution in [1.82, 2.24) is 5.16 Å². The fraction of sp³-hybridized carbons (Fsp3) is 0.100. The molecule has 0 amide bonds. The average molecular weight is 273 g/mol. The van der Waals surface area contributed by atoms with E-state index in [4.69, 9.17) is 16.7 Å². The normalized spacial score (nSPS) is 10.6. The molecule has 0 saturated carbocycles. The summed E-state index contributed by atoms with van der Waals surface area (Å²) in [5.41, 5.74) is -0.254. The summed E-state index contributed by atoms with van der Waals surface area (Å²) in [5.74, 6) is -0.844. The Bertz CT molecular complexity index is 614. The number of nitro groups is 1. The summed E-state index contributed by atoms with van der Waals surface area (Å²) >= 11 is 5.61. The van der Waals surface area contributed by atoms with E-state index in [9.17, 15) is 14.5 Å². The molecule has 0 spiro atoms. The maximum absolute atomic E-state index is 13.7. The third kappa shape index (κ3) is 2.05. The molecule has 0 saturated heterocycles. The van der Waals surface area contributed by atoms with Gasteiger partial charge in [-0.05, 0) is 17.7 Å². The predicted molar refractivity (Wildman–Crippen MR) is 59.5 cm³/mol. The number of aliphatic hydroxyl groups is 1. The molecule has 1 N–H and O–H groups in total. The minimum absolute atomic E-state index is 0.0231. The van der Waals surface area contributed by atoms with Crippen LogP contribution in [0.1, 0.15) is 5.56 Å². The lowest BCUT2D eigenvalue weighted by atomic mass is 10.1. The molecule has 8 heteroatoms. The maximum Gasteiger partial charge on any atom is 0.272 e. The van der Waals surface area contributed by atoms with Crippen LogP contribution < -0.4 is 0 Å². The third-order valence-corrected chi connectivity index (χ3v) is 2.61. The van der Waals surface area contributed by atoms with E-state index in [-0.39, 0.29) is 27.7 Å². The molecule has 1 aromatic heterocycles. The number of non-ortho nitro benzene ring substituents is 1. The summed E-state index contributed by atoms with van der Waals surface area (Å²) in [6.07, 6.45) is 0. The van der Waals surface area contributed by atoms with Crippen LogP contribution in [0, 0.1) is 15.9 Å². The summed E-state index contributed by atoms with van der Waals surface area (Å²) in [7, 11) is 0. The maximum atomic E-state index is 13.7. The highest BCUT2D eigenvalue weighted by atomic mass is 35.5. The first-order chi connectivity index (χ1) is 8.54. The van der Waals surface area contributed by atoms with Crippen molar-refractivity contribution in [2.45, 2.75) is 6.61 Å². The van der Waals surface area contributed by atoms with Gasteiger partial charge in [-0.25, -0.2) is 4.39 Å². The van der Waals surface area contributed by atoms with Gasteiger partial charge >= 0.3 is 0 Å². The number of halogens is 2. The second kappa shape index (κ2) is 4.71. The number of rotatable bonds is 3. The zero-order valence-corrected chi connectivity index (χ0v) is 9.52. The second-order valence-electron chi connectivity index (χ2n) is 3.36. The first-order valence-corrected chi connectivity index (χ1v) is 5.11. The van der Waals surface area contributed by atoms with E-state index in [0.29, 0.717) is 0 Å². The Hall–Kier alpha value is -1.99. The molecule has 0 bridgehead atoms. The van der Waals surface area contributed by atoms with E-state index in [1.807, 2.05) is 0 Å². The highest BCUT2D eigenvalue weighted by Crippen LogP contribution is 2.31. The monoisotopic (exact) mass is 272 g/mol. The molecular formula is C10H6ClFN2O4. The van der Waals surface area contributed by atoms with Gasteiger partial charge in [0, 0.05) is 11.6 Å². The van der Waals surface area contributed by atoms with Crippen LogP contribution in [0.2, 0.25) is 5.22 Å². The molecule has 0 radical (unpaired) electrons. The molecule has 1 heterocycles. The van der Waals surface area contributed by atoms with Crippen LogP contribution in [-0.2, 0) is 6.61 Å². The molecule has 94 valence electrons. The molecule has 0 atom stereocenters. The summed E-state index contributed by atoms with van der Waals surface area (Å²) in [6.45, 7) is -0.478. The van der Waals surface area contributed by atoms with Gasteiger partial charge in [0.2, 0.25) is 5.22 Å². The van der Waals surface area contributed by atoms with Crippen LogP contribution in [0.4, 0.5) is 10.1 Å². The van der Waals surface area contributed by atoms with E-state index in [1.165, 1.54) is 6.07 Å². The fourth-order valence-corrected chi connectivity index (χ4v) is 1.63. The molecular weight excluding hydrogens is 267 g/mol. The molecule has 0 aliphatic rings. The van der Waals surface area contributed by atoms with Crippen molar-refractivity contribution in [2.24, 2.45) is 0 Å². The highest BCUT2D eigenvalue weighted by Gasteiger charge is 2.20. The van der Waals surface area contributed by atoms with Crippen LogP contribution >= 0.6 is 11.6 Å². The van der Waals surface area contributed by atoms with Crippen molar-refractivity contribution < 1.29 is 18.9 Å². The molecule has 6 nitrogen and oxygen atoms in total. The minimum Gasteiger partial charge on any atom is -0.391 e. The summed E-state index contributed by atoms with van der Waals surface area (Å²) in [5, 5.41) is 22.9. The second-order valence-corrected chi connectivity index (χ2v) is 3.71. The standard InChI is InChI=1S/C10H6ClFN2O4/c11-10-7(4-15)9(13-18-10)6-2-1-5(14(16)17)3-8(6)12/h1-3,15H,4H2. The zero-order chi connectivity index (χ0) is 13.3. The smallest absolute Gasteiger partial charge is 0.272 e. The van der Waals surface area contributed by atoms with Crippen LogP contribution in [0.15, 0.2) is 22.7 Å². The molecule has 1 aromatic carbocycles. The summed E-state index contributed by atoms with van der Waals surface area (Å²) in [4.78, 5) is 9.76. The zero-order valence-electron chi connectivity index (χ0n) is 8.76. The molecule has 18 heavy (non-hydrogen) atoms. The van der Waals surface area contributed by atoms with E-state index in [0.717, 1.165) is 12.1 Å². The summed E-state index contributed by atoms with van der Waals surface area (Å²) in [6, 6.07) is 3.07. The van der Waals surface area contributed by atoms with Crippen LogP contribution in [0.3, 0.4) is 0 Å². The van der Waals surface area contributed by atoms with Gasteiger partial charge in [0.1, 0.15) is 11.5 Å². The Morgan fingerprint density at radius 2 is 2.28 bits per heavy atom. The van der Waals surface area contributed by atoms with Gasteiger partial charge in [0.05, 0.1) is 23.2 Å². The molecule has 0 aliphatic carbocycles. The number of aromatic nitrogens is 1. The van der Waals surface area contributed by atoms with Gasteiger partial charge in [-0.2, -0.15) is 0 Å². The number of aliphatic hydroxyl groups excluding tert-OH is 1. The lowest BCUT2D eigenvalue weighted by Gasteiger charge is -2.00. The third-order valence-electron chi connectivity index (χ3n) is 2.32. The first kappa shape index (κ1) is 12.5. The van der Waals surface area contributed by atoms with Gasteiger partial charge in [-0.1, -0.05) is 5.16 Å². The molecule has 0 unspecified atom stereocenters. The van der Waals surface area contributed by atoms with E-state index in [2.05, 4.69) is 9.68 Å². The van der Waals surface area contributed by atoms with Crippen molar-refractivity contribution in [2.75, 3.05) is 0 Å². The van der Waals surface area contributed by atoms with Crippen molar-refractivity contribution >= 4 is 17.3 Å². The van der Waals surface area contributed by atoms with Gasteiger partial charge in [-0.3, -0.25) is 10.1 Å². The van der Waals surface area contributed by atoms with E-state index < -0.39 is 17.3 Å². The van der Waals surface area contributed by atoms with E-state index in [1.54, 1.807) is 0 Å². The minimum atomic E-state index is -0.844. The number of hydrogen-bond acceptors (Lipinski definition) is 5. The number of nitro benzene ring substituents is 1. The topological polar surface area (TPSA) is 89.4 Å². The van der Waals surface area contributed by atoms with Crippen molar-refractivity contribution in [3.8, 4) is 11.3 Å². The summed E-state index contributed by atoms with van der Waals surface area (Å²) < 4.78 is 18.3. The Morgan fingerprint density at radius 1 is 1.56 bits per heavy atom. The van der Waals surface area contributed by atoms with Crippen LogP contribution in [0.5, 0.6) is 0 Å². The largest absolute Gasteiger partial charge is 0.391 e. The quantitative estimate of drug-likeness (QED) is 0.685. The highest BCUT2D eigenvalue weighted by molar-refractivity contribution is 6.29. The van der Waals surface area contributed by atoms with Crippen LogP contribution in [-0.4, -0.2) is 15.2 Å². The van der Waals surface area contributed by atoms with Crippen molar-refractivity contribution in [1.29, 1.82) is 0 Å². The number of benzene rings is 1. The number of nitrogens with zero attached hydrogens (tertiary/aromatic N) is 2. The van der Waals surface area contributed by atoms with Crippen LogP contribution in [0.25, 0.3) is 11.3 Å². The Balaban J connectivity index is 2.54. The van der Waals surface area contributed by atoms with Crippen molar-refractivity contribution in [3.63, 3.8) is 0 Å². The molecule has 2 aromatic rings. The SMILES string of the molecule is O=[N+]([O-])c1ccc(-c2noc(Cl)c2CO)c(F)c1. The van der Waals surface area contributed by atoms with Gasteiger partial charge in [0.15, 0.2) is 0 Å². The predicted octanol–water partition coefficient (Wildman–Crippen LogP) is 2.53. The molecule has 0 fully saturated rings. The fourth-order valence-electron chi connectivity index (χ4n) is 1.45. The Morgan fingerprint density at radius 3 is 2.83 bits per heavy atom.